The second kappa shape index (κ2) is 4.97. The average Bonchev–Trinajstić information content (AvgIpc) is 2.34. The van der Waals surface area contributed by atoms with Gasteiger partial charge in [0.05, 0.1) is 0 Å². The van der Waals surface area contributed by atoms with Gasteiger partial charge in [0, 0.05) is 29.3 Å². The maximum absolute atomic E-state index is 12.0. The molecule has 0 spiro atoms. The molecular weight excluding hydrogens is 242 g/mol. The highest BCUT2D eigenvalue weighted by atomic mass is 16.2. The summed E-state index contributed by atoms with van der Waals surface area (Å²) in [7, 11) is 0. The molecule has 98 valence electrons. The van der Waals surface area contributed by atoms with Crippen molar-refractivity contribution in [3.05, 3.63) is 57.5 Å². The number of rotatable bonds is 2. The van der Waals surface area contributed by atoms with E-state index in [0.717, 1.165) is 5.56 Å². The smallest absolute Gasteiger partial charge is 0.261 e. The van der Waals surface area contributed by atoms with E-state index in [9.17, 15) is 9.59 Å². The van der Waals surface area contributed by atoms with Crippen LogP contribution in [-0.2, 0) is 0 Å². The van der Waals surface area contributed by atoms with Crippen LogP contribution in [0.2, 0.25) is 0 Å². The van der Waals surface area contributed by atoms with E-state index in [1.54, 1.807) is 25.1 Å². The molecule has 1 amide bonds. The molecule has 0 unspecified atom stereocenters. The summed E-state index contributed by atoms with van der Waals surface area (Å²) in [5, 5.41) is 2.69. The normalized spacial score (nSPS) is 10.2. The molecule has 2 aromatic rings. The minimum absolute atomic E-state index is 0.0763. The Kier molecular flexibility index (Phi) is 3.37. The van der Waals surface area contributed by atoms with Gasteiger partial charge in [-0.05, 0) is 31.5 Å². The van der Waals surface area contributed by atoms with Gasteiger partial charge in [0.2, 0.25) is 0 Å². The van der Waals surface area contributed by atoms with Crippen molar-refractivity contribution in [3.63, 3.8) is 0 Å². The number of carbonyl (C=O) groups is 1. The van der Waals surface area contributed by atoms with Crippen LogP contribution in [0.4, 0.5) is 11.4 Å². The second-order valence-electron chi connectivity index (χ2n) is 4.37. The number of nitrogen functional groups attached to an aromatic ring is 1. The van der Waals surface area contributed by atoms with Crippen LogP contribution in [0, 0.1) is 13.8 Å². The minimum Gasteiger partial charge on any atom is -0.398 e. The number of hydrogen-bond acceptors (Lipinski definition) is 3. The Hall–Kier alpha value is -2.56. The summed E-state index contributed by atoms with van der Waals surface area (Å²) in [6.45, 7) is 3.56. The lowest BCUT2D eigenvalue weighted by molar-refractivity contribution is 0.102. The number of carbonyl (C=O) groups excluding carboxylic acids is 1. The Balaban J connectivity index is 2.31. The predicted molar refractivity (Wildman–Crippen MR) is 75.3 cm³/mol. The van der Waals surface area contributed by atoms with Crippen molar-refractivity contribution in [2.75, 3.05) is 11.1 Å². The summed E-state index contributed by atoms with van der Waals surface area (Å²) in [6, 6.07) is 6.63. The van der Waals surface area contributed by atoms with E-state index < -0.39 is 5.91 Å². The molecule has 19 heavy (non-hydrogen) atoms. The highest BCUT2D eigenvalue weighted by Gasteiger charge is 2.12. The molecule has 4 N–H and O–H groups in total. The van der Waals surface area contributed by atoms with Gasteiger partial charge in [0.15, 0.2) is 5.43 Å². The van der Waals surface area contributed by atoms with Gasteiger partial charge in [-0.25, -0.2) is 0 Å². The first-order valence-electron chi connectivity index (χ1n) is 5.85. The molecular formula is C14H15N3O2. The van der Waals surface area contributed by atoms with Gasteiger partial charge >= 0.3 is 0 Å². The number of amides is 1. The molecule has 1 heterocycles. The average molecular weight is 257 g/mol. The number of benzene rings is 1. The number of H-pyrrole nitrogens is 1. The molecule has 5 heteroatoms. The Morgan fingerprint density at radius 3 is 2.74 bits per heavy atom. The first-order valence-corrected chi connectivity index (χ1v) is 5.85. The summed E-state index contributed by atoms with van der Waals surface area (Å²) in [5.74, 6) is -0.449. The first kappa shape index (κ1) is 12.9. The molecule has 0 bridgehead atoms. The van der Waals surface area contributed by atoms with Gasteiger partial charge in [-0.1, -0.05) is 6.07 Å². The number of nitrogens with two attached hydrogens (primary N) is 1. The zero-order valence-corrected chi connectivity index (χ0v) is 10.8. The van der Waals surface area contributed by atoms with Crippen LogP contribution >= 0.6 is 0 Å². The van der Waals surface area contributed by atoms with Crippen LogP contribution < -0.4 is 16.5 Å². The number of aromatic nitrogens is 1. The van der Waals surface area contributed by atoms with E-state index in [4.69, 9.17) is 5.73 Å². The lowest BCUT2D eigenvalue weighted by Gasteiger charge is -2.09. The summed E-state index contributed by atoms with van der Waals surface area (Å²) >= 11 is 0. The van der Waals surface area contributed by atoms with Gasteiger partial charge in [0.1, 0.15) is 5.56 Å². The number of nitrogens with one attached hydrogen (secondary N) is 2. The van der Waals surface area contributed by atoms with E-state index in [-0.39, 0.29) is 11.0 Å². The van der Waals surface area contributed by atoms with Crippen LogP contribution in [0.1, 0.15) is 21.6 Å². The minimum atomic E-state index is -0.449. The topological polar surface area (TPSA) is 88.0 Å². The predicted octanol–water partition coefficient (Wildman–Crippen LogP) is 1.83. The number of pyridine rings is 1. The molecule has 1 aromatic heterocycles. The maximum atomic E-state index is 12.0. The van der Waals surface area contributed by atoms with Crippen molar-refractivity contribution >= 4 is 17.3 Å². The summed E-state index contributed by atoms with van der Waals surface area (Å²) in [5.41, 5.74) is 8.21. The molecule has 0 fully saturated rings. The highest BCUT2D eigenvalue weighted by Crippen LogP contribution is 2.20. The summed E-state index contributed by atoms with van der Waals surface area (Å²) in [4.78, 5) is 26.6. The monoisotopic (exact) mass is 257 g/mol. The van der Waals surface area contributed by atoms with Crippen molar-refractivity contribution < 1.29 is 4.79 Å². The number of anilines is 2. The van der Waals surface area contributed by atoms with Crippen molar-refractivity contribution in [2.45, 2.75) is 13.8 Å². The van der Waals surface area contributed by atoms with Crippen LogP contribution in [-0.4, -0.2) is 10.9 Å². The zero-order chi connectivity index (χ0) is 14.0. The number of hydrogen-bond donors (Lipinski definition) is 3. The van der Waals surface area contributed by atoms with Crippen LogP contribution in [0.3, 0.4) is 0 Å². The molecule has 0 saturated carbocycles. The number of aryl methyl sites for hydroxylation is 1. The quantitative estimate of drug-likeness (QED) is 0.717. The van der Waals surface area contributed by atoms with Crippen molar-refractivity contribution in [1.29, 1.82) is 0 Å². The third kappa shape index (κ3) is 2.65. The molecule has 1 aromatic carbocycles. The number of aromatic amines is 1. The van der Waals surface area contributed by atoms with Gasteiger partial charge in [-0.15, -0.1) is 0 Å². The van der Waals surface area contributed by atoms with Gasteiger partial charge in [-0.2, -0.15) is 0 Å². The van der Waals surface area contributed by atoms with Crippen molar-refractivity contribution in [2.24, 2.45) is 0 Å². The highest BCUT2D eigenvalue weighted by molar-refractivity contribution is 6.04. The first-order chi connectivity index (χ1) is 8.99. The van der Waals surface area contributed by atoms with Crippen molar-refractivity contribution in [1.82, 2.24) is 4.98 Å². The van der Waals surface area contributed by atoms with Crippen LogP contribution in [0.5, 0.6) is 0 Å². The van der Waals surface area contributed by atoms with Crippen LogP contribution in [0.15, 0.2) is 35.3 Å². The van der Waals surface area contributed by atoms with E-state index >= 15 is 0 Å². The van der Waals surface area contributed by atoms with E-state index in [1.165, 1.54) is 12.3 Å². The molecule has 2 rings (SSSR count). The Morgan fingerprint density at radius 2 is 2.05 bits per heavy atom. The molecule has 0 aliphatic carbocycles. The molecule has 0 radical (unpaired) electrons. The third-order valence-electron chi connectivity index (χ3n) is 2.93. The lowest BCUT2D eigenvalue weighted by Crippen LogP contribution is -2.22. The molecule has 0 saturated heterocycles. The van der Waals surface area contributed by atoms with E-state index in [0.29, 0.717) is 17.1 Å². The fraction of sp³-hybridized carbons (Fsp3) is 0.143. The maximum Gasteiger partial charge on any atom is 0.261 e. The van der Waals surface area contributed by atoms with Crippen LogP contribution in [0.25, 0.3) is 0 Å². The fourth-order valence-corrected chi connectivity index (χ4v) is 1.73. The van der Waals surface area contributed by atoms with Gasteiger partial charge < -0.3 is 16.0 Å². The molecule has 5 nitrogen and oxygen atoms in total. The summed E-state index contributed by atoms with van der Waals surface area (Å²) < 4.78 is 0. The molecule has 0 atom stereocenters. The zero-order valence-electron chi connectivity index (χ0n) is 10.8. The molecule has 0 aliphatic heterocycles. The fourth-order valence-electron chi connectivity index (χ4n) is 1.73. The Morgan fingerprint density at radius 1 is 1.32 bits per heavy atom. The molecule has 0 aliphatic rings. The Bertz CT molecular complexity index is 689. The third-order valence-corrected chi connectivity index (χ3v) is 2.93. The largest absolute Gasteiger partial charge is 0.398 e. The second-order valence-corrected chi connectivity index (χ2v) is 4.37. The summed E-state index contributed by atoms with van der Waals surface area (Å²) in [6.07, 6.45) is 1.41. The van der Waals surface area contributed by atoms with Gasteiger partial charge in [0.25, 0.3) is 5.91 Å². The van der Waals surface area contributed by atoms with E-state index in [2.05, 4.69) is 10.3 Å². The standard InChI is InChI=1S/C14H15N3O2/c1-8-6-13(18)10(7-16-8)14(19)17-12-5-3-4-11(15)9(12)2/h3-7H,15H2,1-2H3,(H,16,18)(H,17,19). The van der Waals surface area contributed by atoms with E-state index in [1.807, 2.05) is 6.92 Å². The van der Waals surface area contributed by atoms with Gasteiger partial charge in [-0.3, -0.25) is 9.59 Å². The van der Waals surface area contributed by atoms with Crippen molar-refractivity contribution in [3.8, 4) is 0 Å². The Labute approximate surface area is 110 Å². The SMILES string of the molecule is Cc1cc(=O)c(C(=O)Nc2cccc(N)c2C)c[nH]1. The lowest BCUT2D eigenvalue weighted by atomic mass is 10.1.